The summed E-state index contributed by atoms with van der Waals surface area (Å²) < 4.78 is 6.32. The predicted molar refractivity (Wildman–Crippen MR) is 97.6 cm³/mol. The van der Waals surface area contributed by atoms with E-state index in [2.05, 4.69) is 94.9 Å². The summed E-state index contributed by atoms with van der Waals surface area (Å²) in [6.45, 7) is 11.7. The summed E-state index contributed by atoms with van der Waals surface area (Å²) in [5.41, 5.74) is 2.71. The minimum Gasteiger partial charge on any atom is -0.418 e. The minimum absolute atomic E-state index is 0.00233. The summed E-state index contributed by atoms with van der Waals surface area (Å²) in [6.07, 6.45) is 0. The van der Waals surface area contributed by atoms with Crippen LogP contribution in [0.15, 0.2) is 60.7 Å². The largest absolute Gasteiger partial charge is 0.418 e. The Hall–Kier alpha value is -1.38. The maximum atomic E-state index is 6.32. The van der Waals surface area contributed by atoms with E-state index in [4.69, 9.17) is 4.43 Å². The molecule has 0 bridgehead atoms. The summed E-state index contributed by atoms with van der Waals surface area (Å²) in [4.78, 5) is 0. The van der Waals surface area contributed by atoms with Gasteiger partial charge in [-0.3, -0.25) is 0 Å². The third-order valence-corrected chi connectivity index (χ3v) is 11.9. The van der Waals surface area contributed by atoms with Gasteiger partial charge in [-0.25, -0.2) is 0 Å². The highest BCUT2D eigenvalue weighted by atomic mass is 28.4. The second kappa shape index (κ2) is 6.02. The van der Waals surface area contributed by atoms with Crippen molar-refractivity contribution in [3.63, 3.8) is 0 Å². The van der Waals surface area contributed by atoms with Crippen molar-refractivity contribution < 1.29 is 4.43 Å². The Balaban J connectivity index is 2.57. The molecule has 0 heterocycles. The SMILES string of the molecule is CO[Si](C)(C(C)(C)c1ccccc1)C(C)(C)c1ccccc1. The molecule has 2 aromatic rings. The Bertz CT molecular complexity index is 551. The van der Waals surface area contributed by atoms with Crippen molar-refractivity contribution in [1.29, 1.82) is 0 Å². The number of hydrogen-bond acceptors (Lipinski definition) is 1. The van der Waals surface area contributed by atoms with E-state index in [1.54, 1.807) is 0 Å². The predicted octanol–water partition coefficient (Wildman–Crippen LogP) is 5.24. The molecule has 2 heteroatoms. The van der Waals surface area contributed by atoms with E-state index in [-0.39, 0.29) is 10.1 Å². The molecule has 0 aromatic heterocycles. The molecule has 0 aliphatic carbocycles. The fraction of sp³-hybridized carbons (Fsp3) is 0.400. The molecule has 0 aliphatic rings. The van der Waals surface area contributed by atoms with Crippen LogP contribution in [0.3, 0.4) is 0 Å². The first-order valence-corrected chi connectivity index (χ1v) is 10.3. The van der Waals surface area contributed by atoms with E-state index >= 15 is 0 Å². The average molecular weight is 313 g/mol. The molecule has 0 saturated heterocycles. The lowest BCUT2D eigenvalue weighted by Gasteiger charge is -2.51. The van der Waals surface area contributed by atoms with E-state index < -0.39 is 8.32 Å². The third kappa shape index (κ3) is 2.55. The first kappa shape index (κ1) is 17.0. The van der Waals surface area contributed by atoms with Crippen LogP contribution in [0.25, 0.3) is 0 Å². The standard InChI is InChI=1S/C20H28OSi/c1-19(2,17-13-9-7-10-14-17)22(6,21-5)20(3,4)18-15-11-8-12-16-18/h7-16H,1-6H3. The number of benzene rings is 2. The van der Waals surface area contributed by atoms with Crippen LogP contribution in [-0.2, 0) is 14.5 Å². The average Bonchev–Trinajstić information content (AvgIpc) is 2.55. The van der Waals surface area contributed by atoms with Crippen LogP contribution in [0.1, 0.15) is 38.8 Å². The number of hydrogen-bond donors (Lipinski definition) is 0. The van der Waals surface area contributed by atoms with Crippen molar-refractivity contribution >= 4 is 8.32 Å². The fourth-order valence-electron chi connectivity index (χ4n) is 3.55. The monoisotopic (exact) mass is 312 g/mol. The zero-order valence-electron chi connectivity index (χ0n) is 14.7. The Labute approximate surface area is 136 Å². The molecule has 0 spiro atoms. The summed E-state index contributed by atoms with van der Waals surface area (Å²) in [6, 6.07) is 21.6. The van der Waals surface area contributed by atoms with Gasteiger partial charge in [-0.15, -0.1) is 0 Å². The van der Waals surface area contributed by atoms with E-state index in [0.29, 0.717) is 0 Å². The maximum Gasteiger partial charge on any atom is 0.208 e. The van der Waals surface area contributed by atoms with Gasteiger partial charge in [0.25, 0.3) is 0 Å². The van der Waals surface area contributed by atoms with Gasteiger partial charge in [-0.1, -0.05) is 88.4 Å². The molecule has 0 radical (unpaired) electrons. The molecule has 0 unspecified atom stereocenters. The first-order chi connectivity index (χ1) is 10.3. The van der Waals surface area contributed by atoms with Crippen molar-refractivity contribution in [2.45, 2.75) is 44.3 Å². The highest BCUT2D eigenvalue weighted by Crippen LogP contribution is 2.46. The molecule has 0 atom stereocenters. The zero-order valence-corrected chi connectivity index (χ0v) is 15.7. The van der Waals surface area contributed by atoms with Gasteiger partial charge in [-0.2, -0.15) is 0 Å². The smallest absolute Gasteiger partial charge is 0.208 e. The van der Waals surface area contributed by atoms with E-state index in [0.717, 1.165) is 0 Å². The molecule has 0 saturated carbocycles. The van der Waals surface area contributed by atoms with Gasteiger partial charge in [0.1, 0.15) is 0 Å². The Kier molecular flexibility index (Phi) is 4.64. The van der Waals surface area contributed by atoms with Crippen LogP contribution in [-0.4, -0.2) is 15.4 Å². The highest BCUT2D eigenvalue weighted by Gasteiger charge is 2.56. The lowest BCUT2D eigenvalue weighted by atomic mass is 10.0. The summed E-state index contributed by atoms with van der Waals surface area (Å²) >= 11 is 0. The molecule has 0 fully saturated rings. The summed E-state index contributed by atoms with van der Waals surface area (Å²) in [5, 5.41) is 0.00467. The third-order valence-electron chi connectivity index (χ3n) is 5.78. The topological polar surface area (TPSA) is 9.23 Å². The van der Waals surface area contributed by atoms with Gasteiger partial charge in [0, 0.05) is 17.2 Å². The fourth-order valence-corrected chi connectivity index (χ4v) is 7.57. The molecular weight excluding hydrogens is 284 g/mol. The van der Waals surface area contributed by atoms with Crippen molar-refractivity contribution in [1.82, 2.24) is 0 Å². The maximum absolute atomic E-state index is 6.32. The number of rotatable bonds is 5. The minimum atomic E-state index is -2.16. The van der Waals surface area contributed by atoms with Gasteiger partial charge < -0.3 is 4.43 Å². The second-order valence-corrected chi connectivity index (χ2v) is 12.2. The second-order valence-electron chi connectivity index (χ2n) is 7.22. The Morgan fingerprint density at radius 2 is 1.00 bits per heavy atom. The van der Waals surface area contributed by atoms with Gasteiger partial charge in [0.2, 0.25) is 8.32 Å². The van der Waals surface area contributed by atoms with E-state index in [1.807, 2.05) is 7.11 Å². The van der Waals surface area contributed by atoms with Gasteiger partial charge >= 0.3 is 0 Å². The van der Waals surface area contributed by atoms with Crippen LogP contribution < -0.4 is 0 Å². The first-order valence-electron chi connectivity index (χ1n) is 7.93. The van der Waals surface area contributed by atoms with Crippen molar-refractivity contribution in [3.05, 3.63) is 71.8 Å². The Morgan fingerprint density at radius 3 is 1.27 bits per heavy atom. The molecule has 0 amide bonds. The van der Waals surface area contributed by atoms with E-state index in [9.17, 15) is 0 Å². The molecule has 2 aromatic carbocycles. The van der Waals surface area contributed by atoms with E-state index in [1.165, 1.54) is 11.1 Å². The van der Waals surface area contributed by atoms with Crippen molar-refractivity contribution in [3.8, 4) is 0 Å². The quantitative estimate of drug-likeness (QED) is 0.686. The van der Waals surface area contributed by atoms with Crippen molar-refractivity contribution in [2.24, 2.45) is 0 Å². The van der Waals surface area contributed by atoms with Gasteiger partial charge in [0.15, 0.2) is 0 Å². The molecule has 22 heavy (non-hydrogen) atoms. The molecular formula is C20H28OSi. The highest BCUT2D eigenvalue weighted by molar-refractivity contribution is 6.78. The summed E-state index contributed by atoms with van der Waals surface area (Å²) in [5.74, 6) is 0. The van der Waals surface area contributed by atoms with Crippen LogP contribution in [0.5, 0.6) is 0 Å². The normalized spacial score (nSPS) is 13.2. The molecule has 118 valence electrons. The van der Waals surface area contributed by atoms with Crippen molar-refractivity contribution in [2.75, 3.05) is 7.11 Å². The zero-order chi connectivity index (χ0) is 16.4. The molecule has 0 aliphatic heterocycles. The molecule has 1 nitrogen and oxygen atoms in total. The van der Waals surface area contributed by atoms with Crippen LogP contribution >= 0.6 is 0 Å². The Morgan fingerprint density at radius 1 is 0.682 bits per heavy atom. The lowest BCUT2D eigenvalue weighted by Crippen LogP contribution is -2.64. The lowest BCUT2D eigenvalue weighted by molar-refractivity contribution is 0.330. The van der Waals surface area contributed by atoms with Crippen LogP contribution in [0, 0.1) is 0 Å². The van der Waals surface area contributed by atoms with Gasteiger partial charge in [0.05, 0.1) is 0 Å². The molecule has 0 N–H and O–H groups in total. The summed E-state index contributed by atoms with van der Waals surface area (Å²) in [7, 11) is -0.270. The van der Waals surface area contributed by atoms with Crippen LogP contribution in [0.4, 0.5) is 0 Å². The molecule has 2 rings (SSSR count). The van der Waals surface area contributed by atoms with Gasteiger partial charge in [-0.05, 0) is 17.7 Å². The van der Waals surface area contributed by atoms with Crippen LogP contribution in [0.2, 0.25) is 6.55 Å².